The van der Waals surface area contributed by atoms with Crippen LogP contribution in [0.5, 0.6) is 5.75 Å². The van der Waals surface area contributed by atoms with Crippen LogP contribution in [-0.2, 0) is 12.8 Å². The van der Waals surface area contributed by atoms with Crippen LogP contribution in [0.1, 0.15) is 93.1 Å². The molecule has 0 spiro atoms. The van der Waals surface area contributed by atoms with E-state index >= 15 is 0 Å². The van der Waals surface area contributed by atoms with Crippen LogP contribution in [0.3, 0.4) is 0 Å². The Bertz CT molecular complexity index is 969. The lowest BCUT2D eigenvalue weighted by Gasteiger charge is -2.08. The third kappa shape index (κ3) is 8.48. The van der Waals surface area contributed by atoms with Gasteiger partial charge in [0.25, 0.3) is 0 Å². The van der Waals surface area contributed by atoms with Crippen LogP contribution < -0.4 is 4.74 Å². The van der Waals surface area contributed by atoms with Crippen LogP contribution >= 0.6 is 0 Å². The molecule has 34 heavy (non-hydrogen) atoms. The van der Waals surface area contributed by atoms with Crippen LogP contribution in [0.2, 0.25) is 0 Å². The SMILES string of the molecule is CCCCCCCCc1ccc(-c2ccc(OC(=O)c3ccc(CCCCC)cc3)cc2)cc1. The van der Waals surface area contributed by atoms with E-state index in [4.69, 9.17) is 4.74 Å². The molecule has 0 radical (unpaired) electrons. The van der Waals surface area contributed by atoms with Crippen molar-refractivity contribution in [2.75, 3.05) is 0 Å². The summed E-state index contributed by atoms with van der Waals surface area (Å²) in [5, 5.41) is 0. The van der Waals surface area contributed by atoms with E-state index < -0.39 is 0 Å². The number of rotatable bonds is 14. The number of esters is 1. The van der Waals surface area contributed by atoms with Crippen molar-refractivity contribution < 1.29 is 9.53 Å². The minimum Gasteiger partial charge on any atom is -0.423 e. The lowest BCUT2D eigenvalue weighted by molar-refractivity contribution is 0.0735. The number of hydrogen-bond acceptors (Lipinski definition) is 2. The normalized spacial score (nSPS) is 10.9. The zero-order valence-corrected chi connectivity index (χ0v) is 21.0. The minimum atomic E-state index is -0.313. The van der Waals surface area contributed by atoms with Crippen molar-refractivity contribution >= 4 is 5.97 Å². The molecule has 0 atom stereocenters. The average Bonchev–Trinajstić information content (AvgIpc) is 2.87. The predicted molar refractivity (Wildman–Crippen MR) is 144 cm³/mol. The van der Waals surface area contributed by atoms with Crippen molar-refractivity contribution in [2.24, 2.45) is 0 Å². The van der Waals surface area contributed by atoms with Crippen LogP contribution in [0, 0.1) is 0 Å². The second kappa shape index (κ2) is 14.4. The Kier molecular flexibility index (Phi) is 10.9. The van der Waals surface area contributed by atoms with E-state index in [2.05, 4.69) is 38.1 Å². The molecule has 180 valence electrons. The summed E-state index contributed by atoms with van der Waals surface area (Å²) in [5.41, 5.74) is 5.57. The molecular formula is C32H40O2. The highest BCUT2D eigenvalue weighted by atomic mass is 16.5. The monoisotopic (exact) mass is 456 g/mol. The maximum Gasteiger partial charge on any atom is 0.343 e. The average molecular weight is 457 g/mol. The van der Waals surface area contributed by atoms with Crippen LogP contribution in [0.25, 0.3) is 11.1 Å². The second-order valence-electron chi connectivity index (χ2n) is 9.28. The van der Waals surface area contributed by atoms with Gasteiger partial charge in [-0.25, -0.2) is 4.79 Å². The first kappa shape index (κ1) is 25.7. The van der Waals surface area contributed by atoms with Crippen molar-refractivity contribution in [3.8, 4) is 16.9 Å². The van der Waals surface area contributed by atoms with Gasteiger partial charge in [-0.3, -0.25) is 0 Å². The Hall–Kier alpha value is -2.87. The predicted octanol–water partition coefficient (Wildman–Crippen LogP) is 9.21. The maximum absolute atomic E-state index is 12.5. The van der Waals surface area contributed by atoms with Crippen molar-refractivity contribution in [2.45, 2.75) is 84.5 Å². The van der Waals surface area contributed by atoms with Gasteiger partial charge in [0.05, 0.1) is 5.56 Å². The molecule has 3 aromatic carbocycles. The molecule has 2 heteroatoms. The third-order valence-corrected chi connectivity index (χ3v) is 6.43. The molecule has 0 fully saturated rings. The molecule has 0 aliphatic heterocycles. The van der Waals surface area contributed by atoms with Gasteiger partial charge in [0.2, 0.25) is 0 Å². The van der Waals surface area contributed by atoms with Gasteiger partial charge in [0, 0.05) is 0 Å². The number of benzene rings is 3. The molecule has 3 aromatic rings. The van der Waals surface area contributed by atoms with E-state index in [1.807, 2.05) is 48.5 Å². The topological polar surface area (TPSA) is 26.3 Å². The number of ether oxygens (including phenoxy) is 1. The quantitative estimate of drug-likeness (QED) is 0.137. The number of hydrogen-bond donors (Lipinski definition) is 0. The fraction of sp³-hybridized carbons (Fsp3) is 0.406. The molecule has 0 bridgehead atoms. The highest BCUT2D eigenvalue weighted by Crippen LogP contribution is 2.24. The summed E-state index contributed by atoms with van der Waals surface area (Å²) >= 11 is 0. The van der Waals surface area contributed by atoms with Gasteiger partial charge in [-0.05, 0) is 72.2 Å². The van der Waals surface area contributed by atoms with Gasteiger partial charge in [0.1, 0.15) is 5.75 Å². The van der Waals surface area contributed by atoms with E-state index in [9.17, 15) is 4.79 Å². The van der Waals surface area contributed by atoms with Crippen LogP contribution in [0.15, 0.2) is 72.8 Å². The summed E-state index contributed by atoms with van der Waals surface area (Å²) in [6.07, 6.45) is 13.8. The lowest BCUT2D eigenvalue weighted by Crippen LogP contribution is -2.08. The molecule has 0 N–H and O–H groups in total. The van der Waals surface area contributed by atoms with Crippen molar-refractivity contribution in [1.82, 2.24) is 0 Å². The summed E-state index contributed by atoms with van der Waals surface area (Å²) in [7, 11) is 0. The third-order valence-electron chi connectivity index (χ3n) is 6.43. The first-order valence-electron chi connectivity index (χ1n) is 13.2. The summed E-state index contributed by atoms with van der Waals surface area (Å²) < 4.78 is 5.59. The van der Waals surface area contributed by atoms with Gasteiger partial charge in [-0.15, -0.1) is 0 Å². The molecular weight excluding hydrogens is 416 g/mol. The lowest BCUT2D eigenvalue weighted by atomic mass is 10.0. The van der Waals surface area contributed by atoms with Crippen molar-refractivity contribution in [3.63, 3.8) is 0 Å². The van der Waals surface area contributed by atoms with E-state index in [0.29, 0.717) is 11.3 Å². The molecule has 0 unspecified atom stereocenters. The maximum atomic E-state index is 12.5. The largest absolute Gasteiger partial charge is 0.423 e. The number of unbranched alkanes of at least 4 members (excludes halogenated alkanes) is 7. The summed E-state index contributed by atoms with van der Waals surface area (Å²) in [4.78, 5) is 12.5. The number of carbonyl (C=O) groups is 1. The molecule has 3 rings (SSSR count). The van der Waals surface area contributed by atoms with Crippen molar-refractivity contribution in [1.29, 1.82) is 0 Å². The fourth-order valence-corrected chi connectivity index (χ4v) is 4.24. The first-order valence-corrected chi connectivity index (χ1v) is 13.2. The number of carbonyl (C=O) groups excluding carboxylic acids is 1. The molecule has 0 saturated carbocycles. The summed E-state index contributed by atoms with van der Waals surface area (Å²) in [5.74, 6) is 0.257. The van der Waals surface area contributed by atoms with Gasteiger partial charge in [-0.1, -0.05) is 107 Å². The molecule has 0 aromatic heterocycles. The summed E-state index contributed by atoms with van der Waals surface area (Å²) in [6, 6.07) is 24.4. The van der Waals surface area contributed by atoms with E-state index in [1.54, 1.807) is 0 Å². The van der Waals surface area contributed by atoms with Gasteiger partial charge < -0.3 is 4.74 Å². The van der Waals surface area contributed by atoms with Crippen molar-refractivity contribution in [3.05, 3.63) is 89.5 Å². The Morgan fingerprint density at radius 3 is 1.59 bits per heavy atom. The smallest absolute Gasteiger partial charge is 0.343 e. The zero-order chi connectivity index (χ0) is 24.0. The van der Waals surface area contributed by atoms with Gasteiger partial charge >= 0.3 is 5.97 Å². The minimum absolute atomic E-state index is 0.313. The Labute approximate surface area is 206 Å². The summed E-state index contributed by atoms with van der Waals surface area (Å²) in [6.45, 7) is 4.47. The van der Waals surface area contributed by atoms with E-state index in [1.165, 1.54) is 74.5 Å². The van der Waals surface area contributed by atoms with E-state index in [0.717, 1.165) is 18.4 Å². The zero-order valence-electron chi connectivity index (χ0n) is 21.0. The molecule has 0 aliphatic carbocycles. The standard InChI is InChI=1S/C32H40O2/c1-3-5-7-8-9-11-13-27-14-18-28(19-15-27)29-22-24-31(25-23-29)34-32(33)30-20-16-26(17-21-30)12-10-6-4-2/h14-25H,3-13H2,1-2H3. The highest BCUT2D eigenvalue weighted by Gasteiger charge is 2.09. The van der Waals surface area contributed by atoms with Gasteiger partial charge in [0.15, 0.2) is 0 Å². The van der Waals surface area contributed by atoms with Crippen LogP contribution in [-0.4, -0.2) is 5.97 Å². The first-order chi connectivity index (χ1) is 16.7. The number of aryl methyl sites for hydroxylation is 2. The Morgan fingerprint density at radius 2 is 1.00 bits per heavy atom. The molecule has 2 nitrogen and oxygen atoms in total. The molecule has 0 heterocycles. The Morgan fingerprint density at radius 1 is 0.559 bits per heavy atom. The molecule has 0 saturated heterocycles. The highest BCUT2D eigenvalue weighted by molar-refractivity contribution is 5.91. The molecule has 0 aliphatic rings. The Balaban J connectivity index is 1.48. The second-order valence-corrected chi connectivity index (χ2v) is 9.28. The van der Waals surface area contributed by atoms with Gasteiger partial charge in [-0.2, -0.15) is 0 Å². The fourth-order valence-electron chi connectivity index (χ4n) is 4.24. The van der Waals surface area contributed by atoms with E-state index in [-0.39, 0.29) is 5.97 Å². The van der Waals surface area contributed by atoms with Crippen LogP contribution in [0.4, 0.5) is 0 Å². The molecule has 0 amide bonds.